The number of carbonyl (C=O) groups excluding carboxylic acids is 7. The molecule has 0 aliphatic carbocycles. The van der Waals surface area contributed by atoms with Gasteiger partial charge in [-0.05, 0) is 25.8 Å². The average molecular weight is 751 g/mol. The summed E-state index contributed by atoms with van der Waals surface area (Å²) in [6.07, 6.45) is -14.0. The van der Waals surface area contributed by atoms with E-state index in [2.05, 4.69) is 0 Å². The third kappa shape index (κ3) is 7.95. The predicted molar refractivity (Wildman–Crippen MR) is 172 cm³/mol. The molecule has 51 heavy (non-hydrogen) atoms. The Hall–Kier alpha value is -3.17. The van der Waals surface area contributed by atoms with Crippen LogP contribution in [0.2, 0.25) is 18.1 Å². The van der Waals surface area contributed by atoms with Crippen LogP contribution in [0.5, 0.6) is 0 Å². The van der Waals surface area contributed by atoms with E-state index in [1.165, 1.54) is 0 Å². The van der Waals surface area contributed by atoms with Gasteiger partial charge in [-0.15, -0.1) is 0 Å². The van der Waals surface area contributed by atoms with Crippen molar-refractivity contribution in [3.8, 4) is 0 Å². The summed E-state index contributed by atoms with van der Waals surface area (Å²) in [4.78, 5) is 88.7. The van der Waals surface area contributed by atoms with Gasteiger partial charge in [-0.2, -0.15) is 0 Å². The summed E-state index contributed by atoms with van der Waals surface area (Å²) in [5.74, 6) is -8.16. The number of ketones is 3. The first-order valence-electron chi connectivity index (χ1n) is 16.0. The molecule has 2 rings (SSSR count). The normalized spacial score (nSPS) is 34.8. The Kier molecular flexibility index (Phi) is 13.3. The lowest BCUT2D eigenvalue weighted by Crippen LogP contribution is -2.88. The molecule has 11 atom stereocenters. The Bertz CT molecular complexity index is 1410. The Morgan fingerprint density at radius 1 is 0.686 bits per heavy atom. The minimum atomic E-state index is -3.77. The highest BCUT2D eigenvalue weighted by atomic mass is 28.3. The van der Waals surface area contributed by atoms with Crippen molar-refractivity contribution in [2.45, 2.75) is 153 Å². The first kappa shape index (κ1) is 44.0. The lowest BCUT2D eigenvalue weighted by Gasteiger charge is -2.60. The molecule has 18 nitrogen and oxygen atoms in total. The summed E-state index contributed by atoms with van der Waals surface area (Å²) in [5.41, 5.74) is -12.7. The third-order valence-corrected chi connectivity index (χ3v) is 15.5. The van der Waals surface area contributed by atoms with Crippen LogP contribution in [0.15, 0.2) is 0 Å². The molecular formula is C32H50O18Si. The molecule has 0 amide bonds. The molecule has 2 fully saturated rings. The summed E-state index contributed by atoms with van der Waals surface area (Å²) in [7, 11) is -3.19. The molecule has 0 radical (unpaired) electrons. The highest BCUT2D eigenvalue weighted by Crippen LogP contribution is 2.51. The largest absolute Gasteiger partial charge is 0.463 e. The van der Waals surface area contributed by atoms with Crippen LogP contribution in [0.3, 0.4) is 0 Å². The number of esters is 4. The number of carbonyl (C=O) groups is 7. The fourth-order valence-corrected chi connectivity index (χ4v) is 8.05. The van der Waals surface area contributed by atoms with Crippen molar-refractivity contribution < 1.29 is 87.1 Å². The first-order chi connectivity index (χ1) is 23.0. The Balaban J connectivity index is 2.97. The molecule has 2 aliphatic rings. The zero-order valence-electron chi connectivity index (χ0n) is 30.8. The standard InChI is InChI=1S/C32H50O18Si/c1-14(33)30(41)25(26(40)51(11,12)29(8,9)10)49-28(31(42,15(2)34)32(30,43)16(3)35)50-27-24(47-20(7)39)23(46-19(6)38)22(45-18(5)37)21(48-27)13-44-17(4)36/h21-28,40-43H,13H2,1-12H3/t21-,22-,23+,24-,25-,26?,27-,28+,30-,31+,32+/m1/s1. The van der Waals surface area contributed by atoms with Crippen molar-refractivity contribution in [2.24, 2.45) is 0 Å². The minimum absolute atomic E-state index is 0.675. The van der Waals surface area contributed by atoms with Crippen molar-refractivity contribution in [3.63, 3.8) is 0 Å². The van der Waals surface area contributed by atoms with Gasteiger partial charge in [0.15, 0.2) is 41.3 Å². The summed E-state index contributed by atoms with van der Waals surface area (Å²) < 4.78 is 38.9. The van der Waals surface area contributed by atoms with Crippen LogP contribution < -0.4 is 0 Å². The number of hydrogen-bond donors (Lipinski definition) is 4. The molecule has 0 spiro atoms. The molecule has 1 unspecified atom stereocenters. The Morgan fingerprint density at radius 3 is 1.53 bits per heavy atom. The number of aliphatic hydroxyl groups is 4. The molecule has 2 heterocycles. The van der Waals surface area contributed by atoms with Crippen LogP contribution in [0, 0.1) is 0 Å². The zero-order valence-corrected chi connectivity index (χ0v) is 31.8. The summed E-state index contributed by atoms with van der Waals surface area (Å²) in [6.45, 7) is 13.9. The van der Waals surface area contributed by atoms with Crippen LogP contribution in [-0.2, 0) is 66.7 Å². The zero-order chi connectivity index (χ0) is 39.8. The number of hydrogen-bond acceptors (Lipinski definition) is 18. The number of aliphatic hydroxyl groups excluding tert-OH is 1. The molecule has 0 bridgehead atoms. The number of Topliss-reactive ketones (excluding diaryl/α,β-unsaturated/α-hetero) is 3. The minimum Gasteiger partial charge on any atom is -0.463 e. The quantitative estimate of drug-likeness (QED) is 0.108. The highest BCUT2D eigenvalue weighted by Gasteiger charge is 2.80. The predicted octanol–water partition coefficient (Wildman–Crippen LogP) is -0.820. The Morgan fingerprint density at radius 2 is 1.14 bits per heavy atom. The summed E-state index contributed by atoms with van der Waals surface area (Å²) >= 11 is 0. The molecule has 290 valence electrons. The van der Waals surface area contributed by atoms with Crippen LogP contribution >= 0.6 is 0 Å². The monoisotopic (exact) mass is 750 g/mol. The van der Waals surface area contributed by atoms with E-state index >= 15 is 0 Å². The van der Waals surface area contributed by atoms with E-state index in [1.807, 2.05) is 0 Å². The van der Waals surface area contributed by atoms with Crippen LogP contribution in [-0.4, -0.2) is 142 Å². The van der Waals surface area contributed by atoms with Gasteiger partial charge < -0.3 is 53.6 Å². The smallest absolute Gasteiger partial charge is 0.303 e. The fourth-order valence-electron chi connectivity index (χ4n) is 6.09. The maximum Gasteiger partial charge on any atom is 0.303 e. The van der Waals surface area contributed by atoms with Crippen molar-refractivity contribution >= 4 is 49.3 Å². The van der Waals surface area contributed by atoms with E-state index in [0.29, 0.717) is 13.8 Å². The molecule has 2 aliphatic heterocycles. The lowest BCUT2D eigenvalue weighted by atomic mass is 9.61. The van der Waals surface area contributed by atoms with Crippen molar-refractivity contribution in [3.05, 3.63) is 0 Å². The first-order valence-corrected chi connectivity index (χ1v) is 19.1. The van der Waals surface area contributed by atoms with E-state index in [9.17, 15) is 54.0 Å². The fraction of sp³-hybridized carbons (Fsp3) is 0.781. The van der Waals surface area contributed by atoms with Gasteiger partial charge >= 0.3 is 23.9 Å². The van der Waals surface area contributed by atoms with Gasteiger partial charge in [0.05, 0.1) is 13.8 Å². The van der Waals surface area contributed by atoms with Gasteiger partial charge in [-0.25, -0.2) is 0 Å². The highest BCUT2D eigenvalue weighted by molar-refractivity contribution is 6.81. The van der Waals surface area contributed by atoms with E-state index in [1.54, 1.807) is 33.9 Å². The third-order valence-electron chi connectivity index (χ3n) is 9.87. The van der Waals surface area contributed by atoms with Gasteiger partial charge in [0.2, 0.25) is 23.8 Å². The van der Waals surface area contributed by atoms with E-state index in [-0.39, 0.29) is 0 Å². The van der Waals surface area contributed by atoms with Crippen molar-refractivity contribution in [2.75, 3.05) is 6.61 Å². The second kappa shape index (κ2) is 15.4. The second-order valence-electron chi connectivity index (χ2n) is 14.4. The second-order valence-corrected chi connectivity index (χ2v) is 20.0. The molecule has 0 aromatic heterocycles. The SMILES string of the molecule is CC(=O)OC[C@H]1O[C@H](O[C@@H]2O[C@H](C(O)[Si](C)(C)C(C)(C)C)[C@](O)(C(C)=O)[C@@](O)(C(C)=O)[C@]2(O)C(C)=O)[C@H](OC(C)=O)[C@@H](OC(C)=O)[C@@H]1OC(C)=O. The molecular weight excluding hydrogens is 700 g/mol. The van der Waals surface area contributed by atoms with Gasteiger partial charge in [0.1, 0.15) is 18.8 Å². The van der Waals surface area contributed by atoms with Gasteiger partial charge in [0.25, 0.3) is 0 Å². The van der Waals surface area contributed by atoms with E-state index in [0.717, 1.165) is 34.6 Å². The van der Waals surface area contributed by atoms with E-state index < -0.39 is 127 Å². The topological polar surface area (TPSA) is 265 Å². The van der Waals surface area contributed by atoms with Crippen LogP contribution in [0.1, 0.15) is 69.2 Å². The molecule has 0 saturated carbocycles. The van der Waals surface area contributed by atoms with Crippen molar-refractivity contribution in [1.82, 2.24) is 0 Å². The van der Waals surface area contributed by atoms with Gasteiger partial charge in [-0.3, -0.25) is 33.6 Å². The molecule has 0 aromatic carbocycles. The van der Waals surface area contributed by atoms with Crippen molar-refractivity contribution in [1.29, 1.82) is 0 Å². The molecule has 0 aromatic rings. The number of rotatable bonds is 12. The Labute approximate surface area is 296 Å². The van der Waals surface area contributed by atoms with Gasteiger partial charge in [0, 0.05) is 27.7 Å². The summed E-state index contributed by atoms with van der Waals surface area (Å²) in [5, 5.41) is 47.6. The molecule has 19 heteroatoms. The number of ether oxygens (including phenoxy) is 7. The molecule has 2 saturated heterocycles. The van der Waals surface area contributed by atoms with E-state index in [4.69, 9.17) is 33.2 Å². The summed E-state index contributed by atoms with van der Waals surface area (Å²) in [6, 6.07) is 0. The molecule has 4 N–H and O–H groups in total. The van der Waals surface area contributed by atoms with Crippen LogP contribution in [0.4, 0.5) is 0 Å². The van der Waals surface area contributed by atoms with Crippen LogP contribution in [0.25, 0.3) is 0 Å². The van der Waals surface area contributed by atoms with Gasteiger partial charge in [-0.1, -0.05) is 33.9 Å². The maximum absolute atomic E-state index is 13.4. The lowest BCUT2D eigenvalue weighted by molar-refractivity contribution is -0.411. The maximum atomic E-state index is 13.4. The average Bonchev–Trinajstić information content (AvgIpc) is 2.97.